The minimum absolute atomic E-state index is 0.0677. The molecule has 29 heavy (non-hydrogen) atoms. The van der Waals surface area contributed by atoms with Gasteiger partial charge in [0.2, 0.25) is 0 Å². The van der Waals surface area contributed by atoms with Crippen molar-refractivity contribution in [2.45, 2.75) is 25.0 Å². The van der Waals surface area contributed by atoms with Gasteiger partial charge in [-0.05, 0) is 0 Å². The van der Waals surface area contributed by atoms with Crippen LogP contribution in [0.25, 0.3) is 33.7 Å². The third-order valence-electron chi connectivity index (χ3n) is 4.78. The molecule has 0 fully saturated rings. The van der Waals surface area contributed by atoms with Gasteiger partial charge in [0.05, 0.1) is 0 Å². The Morgan fingerprint density at radius 3 is 2.62 bits per heavy atom. The number of unbranched alkanes of at least 4 members (excludes halogenated alkanes) is 1. The summed E-state index contributed by atoms with van der Waals surface area (Å²) < 4.78 is 7.16. The van der Waals surface area contributed by atoms with Gasteiger partial charge < -0.3 is 0 Å². The zero-order valence-corrected chi connectivity index (χ0v) is 18.2. The number of fused-ring (bicyclic) bond motifs is 1. The number of benzene rings is 3. The SMILES string of the molecule is CCCC[AsH]c1ccc([N+](=O)[O-])cc1-c1nc2cc(-c3ccccc3)ccc2o1. The van der Waals surface area contributed by atoms with Crippen LogP contribution in [0.2, 0.25) is 5.21 Å². The summed E-state index contributed by atoms with van der Waals surface area (Å²) in [5.74, 6) is 0.462. The van der Waals surface area contributed by atoms with Crippen LogP contribution >= 0.6 is 0 Å². The molecule has 3 aromatic carbocycles. The van der Waals surface area contributed by atoms with Gasteiger partial charge in [0.15, 0.2) is 0 Å². The van der Waals surface area contributed by atoms with Crippen molar-refractivity contribution in [2.75, 3.05) is 0 Å². The first-order valence-electron chi connectivity index (χ1n) is 9.64. The van der Waals surface area contributed by atoms with Gasteiger partial charge in [0.1, 0.15) is 0 Å². The van der Waals surface area contributed by atoms with Gasteiger partial charge in [0, 0.05) is 0 Å². The second-order valence-electron chi connectivity index (χ2n) is 6.83. The zero-order chi connectivity index (χ0) is 20.2. The van der Waals surface area contributed by atoms with Crippen molar-refractivity contribution in [2.24, 2.45) is 0 Å². The molecule has 1 unspecified atom stereocenters. The quantitative estimate of drug-likeness (QED) is 0.165. The van der Waals surface area contributed by atoms with Crippen molar-refractivity contribution in [3.63, 3.8) is 0 Å². The first-order valence-corrected chi connectivity index (χ1v) is 12.2. The Bertz CT molecular complexity index is 1160. The summed E-state index contributed by atoms with van der Waals surface area (Å²) in [4.78, 5) is 15.6. The summed E-state index contributed by atoms with van der Waals surface area (Å²) in [5.41, 5.74) is 4.44. The van der Waals surface area contributed by atoms with Gasteiger partial charge in [-0.15, -0.1) is 0 Å². The van der Waals surface area contributed by atoms with E-state index in [-0.39, 0.29) is 10.6 Å². The molecule has 0 saturated heterocycles. The van der Waals surface area contributed by atoms with Crippen molar-refractivity contribution >= 4 is 36.9 Å². The molecule has 6 heteroatoms. The molecule has 4 rings (SSSR count). The standard InChI is InChI=1S/C23H21AsN2O3/c1-2-3-13-24-20-11-10-18(26(27)28)15-19(20)23-25-21-14-17(9-12-22(21)29-23)16-7-5-4-6-8-16/h4-12,14-15,24H,2-3,13H2,1H3. The monoisotopic (exact) mass is 448 g/mol. The Morgan fingerprint density at radius 2 is 1.86 bits per heavy atom. The number of rotatable bonds is 7. The van der Waals surface area contributed by atoms with Crippen LogP contribution in [-0.2, 0) is 0 Å². The molecule has 0 spiro atoms. The van der Waals surface area contributed by atoms with E-state index in [2.05, 4.69) is 24.0 Å². The van der Waals surface area contributed by atoms with Gasteiger partial charge in [0.25, 0.3) is 0 Å². The maximum atomic E-state index is 11.3. The number of nitro benzene ring substituents is 1. The van der Waals surface area contributed by atoms with Gasteiger partial charge in [-0.1, -0.05) is 0 Å². The summed E-state index contributed by atoms with van der Waals surface area (Å²) in [5, 5.41) is 12.4. The number of oxazole rings is 1. The second-order valence-corrected chi connectivity index (χ2v) is 9.76. The molecular formula is C23H21AsN2O3. The van der Waals surface area contributed by atoms with Crippen LogP contribution in [0.1, 0.15) is 19.8 Å². The number of hydrogen-bond donors (Lipinski definition) is 0. The minimum atomic E-state index is -0.405. The van der Waals surface area contributed by atoms with E-state index >= 15 is 0 Å². The van der Waals surface area contributed by atoms with Gasteiger partial charge in [-0.2, -0.15) is 0 Å². The van der Waals surface area contributed by atoms with Crippen LogP contribution in [0.4, 0.5) is 5.69 Å². The van der Waals surface area contributed by atoms with Gasteiger partial charge >= 0.3 is 176 Å². The number of nitrogens with zero attached hydrogens (tertiary/aromatic N) is 2. The van der Waals surface area contributed by atoms with E-state index in [1.807, 2.05) is 42.5 Å². The van der Waals surface area contributed by atoms with E-state index in [0.29, 0.717) is 11.5 Å². The molecular weight excluding hydrogens is 427 g/mol. The molecule has 0 radical (unpaired) electrons. The van der Waals surface area contributed by atoms with Crippen LogP contribution in [0.3, 0.4) is 0 Å². The molecule has 146 valence electrons. The van der Waals surface area contributed by atoms with E-state index in [0.717, 1.165) is 38.2 Å². The molecule has 0 amide bonds. The molecule has 0 aliphatic heterocycles. The van der Waals surface area contributed by atoms with Gasteiger partial charge in [-0.25, -0.2) is 0 Å². The number of non-ortho nitro benzene ring substituents is 1. The Morgan fingerprint density at radius 1 is 1.03 bits per heavy atom. The van der Waals surface area contributed by atoms with Crippen molar-refractivity contribution in [3.8, 4) is 22.6 Å². The summed E-state index contributed by atoms with van der Waals surface area (Å²) in [6, 6.07) is 21.1. The molecule has 5 nitrogen and oxygen atoms in total. The average molecular weight is 448 g/mol. The molecule has 4 aromatic rings. The fourth-order valence-electron chi connectivity index (χ4n) is 3.23. The molecule has 0 aliphatic rings. The second kappa shape index (κ2) is 8.62. The van der Waals surface area contributed by atoms with Crippen LogP contribution in [0.5, 0.6) is 0 Å². The van der Waals surface area contributed by atoms with Crippen molar-refractivity contribution in [3.05, 3.63) is 76.8 Å². The third-order valence-corrected chi connectivity index (χ3v) is 7.77. The number of nitro groups is 1. The fourth-order valence-corrected chi connectivity index (χ4v) is 6.10. The molecule has 0 bridgehead atoms. The number of hydrogen-bond acceptors (Lipinski definition) is 4. The Labute approximate surface area is 175 Å². The average Bonchev–Trinajstić information content (AvgIpc) is 3.18. The Balaban J connectivity index is 1.76. The van der Waals surface area contributed by atoms with Crippen LogP contribution in [-0.4, -0.2) is 25.7 Å². The van der Waals surface area contributed by atoms with Crippen LogP contribution < -0.4 is 4.35 Å². The van der Waals surface area contributed by atoms with Crippen molar-refractivity contribution < 1.29 is 9.34 Å². The molecule has 1 aromatic heterocycles. The first-order chi connectivity index (χ1) is 14.2. The molecule has 0 aliphatic carbocycles. The summed E-state index contributed by atoms with van der Waals surface area (Å²) in [7, 11) is 0. The summed E-state index contributed by atoms with van der Waals surface area (Å²) in [6.07, 6.45) is 2.32. The first kappa shape index (κ1) is 19.4. The Kier molecular flexibility index (Phi) is 5.77. The predicted octanol–water partition coefficient (Wildman–Crippen LogP) is 5.35. The normalized spacial score (nSPS) is 11.5. The topological polar surface area (TPSA) is 69.2 Å². The summed E-state index contributed by atoms with van der Waals surface area (Å²) >= 11 is -0.405. The fraction of sp³-hybridized carbons (Fsp3) is 0.174. The molecule has 1 atom stereocenters. The molecule has 0 saturated carbocycles. The van der Waals surface area contributed by atoms with E-state index in [4.69, 9.17) is 4.42 Å². The zero-order valence-electron chi connectivity index (χ0n) is 16.1. The van der Waals surface area contributed by atoms with Gasteiger partial charge in [-0.3, -0.25) is 0 Å². The van der Waals surface area contributed by atoms with E-state index in [9.17, 15) is 10.1 Å². The van der Waals surface area contributed by atoms with Crippen LogP contribution in [0, 0.1) is 10.1 Å². The van der Waals surface area contributed by atoms with E-state index in [1.54, 1.807) is 12.1 Å². The third kappa shape index (κ3) is 4.25. The Hall–Kier alpha value is -2.91. The number of aromatic nitrogens is 1. The van der Waals surface area contributed by atoms with E-state index in [1.165, 1.54) is 6.42 Å². The van der Waals surface area contributed by atoms with Crippen molar-refractivity contribution in [1.29, 1.82) is 0 Å². The van der Waals surface area contributed by atoms with Crippen molar-refractivity contribution in [1.82, 2.24) is 4.98 Å². The summed E-state index contributed by atoms with van der Waals surface area (Å²) in [6.45, 7) is 2.17. The maximum absolute atomic E-state index is 11.3. The molecule has 1 heterocycles. The molecule has 0 N–H and O–H groups in total. The van der Waals surface area contributed by atoms with E-state index < -0.39 is 15.8 Å². The predicted molar refractivity (Wildman–Crippen MR) is 118 cm³/mol. The van der Waals surface area contributed by atoms with Crippen LogP contribution in [0.15, 0.2) is 71.1 Å².